The Bertz CT molecular complexity index is 1200. The van der Waals surface area contributed by atoms with Crippen molar-refractivity contribution in [3.63, 3.8) is 0 Å². The summed E-state index contributed by atoms with van der Waals surface area (Å²) >= 11 is 6.27. The average molecular weight is 643 g/mol. The second-order valence-corrected chi connectivity index (χ2v) is 12.2. The number of rotatable bonds is 10. The van der Waals surface area contributed by atoms with Crippen LogP contribution in [0.5, 0.6) is 5.75 Å². The van der Waals surface area contributed by atoms with Crippen molar-refractivity contribution in [2.24, 2.45) is 30.7 Å². The van der Waals surface area contributed by atoms with E-state index >= 15 is 0 Å². The molecule has 2 aromatic carbocycles. The molecule has 0 N–H and O–H groups in total. The lowest BCUT2D eigenvalue weighted by molar-refractivity contribution is -0.671. The fourth-order valence-electron chi connectivity index (χ4n) is 7.51. The molecule has 7 rings (SSSR count). The molecule has 0 amide bonds. The molecule has 38 heavy (non-hydrogen) atoms. The smallest absolute Gasteiger partial charge is 0.243 e. The molecule has 202 valence electrons. The van der Waals surface area contributed by atoms with Crippen LogP contribution in [0.25, 0.3) is 5.57 Å². The van der Waals surface area contributed by atoms with Crippen molar-refractivity contribution in [1.29, 1.82) is 0 Å². The van der Waals surface area contributed by atoms with Crippen LogP contribution < -0.4 is 33.3 Å². The number of unbranched alkanes of at least 4 members (excludes halogenated alkanes) is 3. The number of imidazole rings is 1. The van der Waals surface area contributed by atoms with Crippen molar-refractivity contribution in [2.45, 2.75) is 64.3 Å². The number of hydrogen-bond donors (Lipinski definition) is 0. The minimum absolute atomic E-state index is 0. The average Bonchev–Trinajstić information content (AvgIpc) is 3.31. The maximum absolute atomic E-state index is 6.27. The van der Waals surface area contributed by atoms with E-state index < -0.39 is 0 Å². The Labute approximate surface area is 250 Å². The lowest BCUT2D eigenvalue weighted by Crippen LogP contribution is -3.00. The van der Waals surface area contributed by atoms with Crippen LogP contribution in [0, 0.1) is 23.7 Å². The van der Waals surface area contributed by atoms with E-state index in [0.29, 0.717) is 0 Å². The van der Waals surface area contributed by atoms with E-state index in [2.05, 4.69) is 71.3 Å². The summed E-state index contributed by atoms with van der Waals surface area (Å²) < 4.78 is 10.5. The Hall–Kier alpha value is -1.79. The highest BCUT2D eigenvalue weighted by atomic mass is 127. The van der Waals surface area contributed by atoms with Gasteiger partial charge in [-0.2, -0.15) is 0 Å². The van der Waals surface area contributed by atoms with E-state index in [1.165, 1.54) is 68.1 Å². The van der Waals surface area contributed by atoms with Gasteiger partial charge in [-0.3, -0.25) is 0 Å². The van der Waals surface area contributed by atoms with Crippen LogP contribution in [0.1, 0.15) is 68.9 Å². The van der Waals surface area contributed by atoms with E-state index in [1.807, 2.05) is 12.1 Å². The SMILES string of the molecule is C[n+]1ccn(CCCCCCOc2ccc(C(=C3C4CC5CC(C4)CC3C5)c3ccc(Cl)cc3)cc2)c1.[I-]. The zero-order chi connectivity index (χ0) is 25.2. The van der Waals surface area contributed by atoms with E-state index in [1.54, 1.807) is 5.57 Å². The van der Waals surface area contributed by atoms with Crippen molar-refractivity contribution in [3.05, 3.63) is 89.0 Å². The standard InChI is InChI=1S/C33H40ClN2O.HI/c1-35-15-16-36(23-35)14-4-2-3-5-17-37-31-12-8-27(9-13-31)32(26-6-10-30(34)11-7-26)33-28-19-24-18-25(21-28)22-29(33)20-24;/h6-13,15-16,23-25,28-29H,2-5,14,17-22H2,1H3;1H/q+1;/p-1. The van der Waals surface area contributed by atoms with Gasteiger partial charge in [0.05, 0.1) is 20.2 Å². The molecule has 3 nitrogen and oxygen atoms in total. The molecule has 0 radical (unpaired) electrons. The first-order valence-electron chi connectivity index (χ1n) is 14.4. The van der Waals surface area contributed by atoms with Crippen LogP contribution in [-0.4, -0.2) is 11.2 Å². The van der Waals surface area contributed by atoms with Crippen molar-refractivity contribution in [3.8, 4) is 5.75 Å². The van der Waals surface area contributed by atoms with Gasteiger partial charge in [-0.1, -0.05) is 41.4 Å². The van der Waals surface area contributed by atoms with E-state index in [4.69, 9.17) is 16.3 Å². The number of aromatic nitrogens is 2. The fourth-order valence-corrected chi connectivity index (χ4v) is 7.63. The van der Waals surface area contributed by atoms with Crippen LogP contribution in [0.2, 0.25) is 5.02 Å². The Morgan fingerprint density at radius 2 is 1.45 bits per heavy atom. The van der Waals surface area contributed by atoms with Gasteiger partial charge in [0.1, 0.15) is 18.1 Å². The molecule has 4 saturated carbocycles. The van der Waals surface area contributed by atoms with Crippen molar-refractivity contribution < 1.29 is 33.3 Å². The summed E-state index contributed by atoms with van der Waals surface area (Å²) in [5, 5.41) is 0.806. The van der Waals surface area contributed by atoms with Gasteiger partial charge in [0.15, 0.2) is 0 Å². The molecule has 4 fully saturated rings. The first kappa shape index (κ1) is 27.8. The van der Waals surface area contributed by atoms with Gasteiger partial charge in [0.2, 0.25) is 6.33 Å². The summed E-state index contributed by atoms with van der Waals surface area (Å²) in [5.41, 5.74) is 5.84. The molecule has 0 aliphatic heterocycles. The Balaban J connectivity index is 0.00000294. The maximum atomic E-state index is 6.27. The predicted molar refractivity (Wildman–Crippen MR) is 151 cm³/mol. The highest BCUT2D eigenvalue weighted by molar-refractivity contribution is 6.30. The zero-order valence-corrected chi connectivity index (χ0v) is 25.4. The Kier molecular flexibility index (Phi) is 9.20. The monoisotopic (exact) mass is 642 g/mol. The number of nitrogens with zero attached hydrogens (tertiary/aromatic N) is 2. The minimum Gasteiger partial charge on any atom is -1.00 e. The molecule has 5 heteroatoms. The van der Waals surface area contributed by atoms with Gasteiger partial charge in [-0.25, -0.2) is 9.13 Å². The van der Waals surface area contributed by atoms with E-state index in [9.17, 15) is 0 Å². The number of allylic oxidation sites excluding steroid dienone is 1. The van der Waals surface area contributed by atoms with Gasteiger partial charge in [-0.15, -0.1) is 0 Å². The summed E-state index contributed by atoms with van der Waals surface area (Å²) in [6.07, 6.45) is 18.2. The highest BCUT2D eigenvalue weighted by Crippen LogP contribution is 2.58. The van der Waals surface area contributed by atoms with Gasteiger partial charge in [0.25, 0.3) is 0 Å². The lowest BCUT2D eigenvalue weighted by Gasteiger charge is -2.52. The zero-order valence-electron chi connectivity index (χ0n) is 22.5. The molecular formula is C33H40ClIN2O. The number of halogens is 2. The Morgan fingerprint density at radius 3 is 2.05 bits per heavy atom. The summed E-state index contributed by atoms with van der Waals surface area (Å²) in [5.74, 6) is 4.43. The highest BCUT2D eigenvalue weighted by Gasteiger charge is 2.46. The lowest BCUT2D eigenvalue weighted by atomic mass is 9.53. The number of ether oxygens (including phenoxy) is 1. The molecule has 1 heterocycles. The van der Waals surface area contributed by atoms with Crippen LogP contribution >= 0.6 is 11.6 Å². The maximum Gasteiger partial charge on any atom is 0.243 e. The summed E-state index contributed by atoms with van der Waals surface area (Å²) in [6.45, 7) is 1.88. The van der Waals surface area contributed by atoms with Crippen molar-refractivity contribution in [1.82, 2.24) is 4.57 Å². The Morgan fingerprint density at radius 1 is 0.842 bits per heavy atom. The molecule has 0 spiro atoms. The normalized spacial score (nSPS) is 23.4. The second-order valence-electron chi connectivity index (χ2n) is 11.7. The van der Waals surface area contributed by atoms with Crippen molar-refractivity contribution >= 4 is 17.2 Å². The molecule has 4 aliphatic rings. The number of benzene rings is 2. The number of aryl methyl sites for hydroxylation is 2. The first-order valence-corrected chi connectivity index (χ1v) is 14.7. The molecule has 0 unspecified atom stereocenters. The second kappa shape index (κ2) is 12.6. The summed E-state index contributed by atoms with van der Waals surface area (Å²) in [6, 6.07) is 17.4. The fraction of sp³-hybridized carbons (Fsp3) is 0.485. The molecule has 4 bridgehead atoms. The van der Waals surface area contributed by atoms with E-state index in [-0.39, 0.29) is 24.0 Å². The van der Waals surface area contributed by atoms with Crippen LogP contribution in [0.15, 0.2) is 72.8 Å². The van der Waals surface area contributed by atoms with Gasteiger partial charge in [0, 0.05) is 5.02 Å². The van der Waals surface area contributed by atoms with E-state index in [0.717, 1.165) is 54.0 Å². The third-order valence-corrected chi connectivity index (χ3v) is 9.24. The predicted octanol–water partition coefficient (Wildman–Crippen LogP) is 4.87. The number of hydrogen-bond acceptors (Lipinski definition) is 1. The summed E-state index contributed by atoms with van der Waals surface area (Å²) in [4.78, 5) is 0. The quantitative estimate of drug-likeness (QED) is 0.176. The molecule has 0 atom stereocenters. The molecule has 0 saturated heterocycles. The third-order valence-electron chi connectivity index (χ3n) is 8.99. The largest absolute Gasteiger partial charge is 1.00 e. The van der Waals surface area contributed by atoms with Gasteiger partial charge >= 0.3 is 0 Å². The van der Waals surface area contributed by atoms with Crippen LogP contribution in [0.4, 0.5) is 0 Å². The summed E-state index contributed by atoms with van der Waals surface area (Å²) in [7, 11) is 2.07. The topological polar surface area (TPSA) is 18.0 Å². The van der Waals surface area contributed by atoms with Crippen LogP contribution in [-0.2, 0) is 13.6 Å². The van der Waals surface area contributed by atoms with Gasteiger partial charge in [-0.05, 0) is 122 Å². The third kappa shape index (κ3) is 6.33. The first-order chi connectivity index (χ1) is 18.1. The van der Waals surface area contributed by atoms with Gasteiger partial charge < -0.3 is 28.7 Å². The molecule has 3 aromatic rings. The molecule has 4 aliphatic carbocycles. The van der Waals surface area contributed by atoms with Crippen LogP contribution in [0.3, 0.4) is 0 Å². The minimum atomic E-state index is 0. The molecule has 1 aromatic heterocycles. The van der Waals surface area contributed by atoms with Crippen molar-refractivity contribution in [2.75, 3.05) is 6.61 Å². The molecular weight excluding hydrogens is 603 g/mol.